The number of hydrogen-bond donors (Lipinski definition) is 1. The molecule has 7 heteroatoms. The van der Waals surface area contributed by atoms with Gasteiger partial charge in [-0.1, -0.05) is 19.1 Å². The zero-order valence-electron chi connectivity index (χ0n) is 16.6. The highest BCUT2D eigenvalue weighted by molar-refractivity contribution is 7.91. The summed E-state index contributed by atoms with van der Waals surface area (Å²) in [6.07, 6.45) is 5.39. The minimum atomic E-state index is -2.62. The molecule has 5 rings (SSSR count). The Bertz CT molecular complexity index is 1060. The number of benzene rings is 1. The van der Waals surface area contributed by atoms with E-state index in [0.717, 1.165) is 61.4 Å². The summed E-state index contributed by atoms with van der Waals surface area (Å²) in [5, 5.41) is 0.226. The van der Waals surface area contributed by atoms with Gasteiger partial charge in [-0.05, 0) is 66.3 Å². The van der Waals surface area contributed by atoms with Crippen molar-refractivity contribution in [2.24, 2.45) is 5.92 Å². The van der Waals surface area contributed by atoms with Gasteiger partial charge in [-0.15, -0.1) is 0 Å². The maximum Gasteiger partial charge on any atom is 0.222 e. The monoisotopic (exact) mass is 431 g/mol. The molecule has 29 heavy (non-hydrogen) atoms. The van der Waals surface area contributed by atoms with Gasteiger partial charge < -0.3 is 4.74 Å². The summed E-state index contributed by atoms with van der Waals surface area (Å²) in [5.74, 6) is 3.01. The van der Waals surface area contributed by atoms with Gasteiger partial charge in [-0.2, -0.15) is 0 Å². The van der Waals surface area contributed by atoms with E-state index in [4.69, 9.17) is 21.1 Å². The van der Waals surface area contributed by atoms with Crippen molar-refractivity contribution in [1.29, 1.82) is 4.78 Å². The van der Waals surface area contributed by atoms with Gasteiger partial charge in [0.25, 0.3) is 0 Å². The summed E-state index contributed by atoms with van der Waals surface area (Å²) in [6.45, 7) is 3.13. The van der Waals surface area contributed by atoms with Crippen LogP contribution in [-0.4, -0.2) is 20.8 Å². The smallest absolute Gasteiger partial charge is 0.222 e. The lowest BCUT2D eigenvalue weighted by molar-refractivity contribution is 0.287. The first-order valence-electron chi connectivity index (χ1n) is 10.4. The highest BCUT2D eigenvalue weighted by Gasteiger charge is 2.33. The summed E-state index contributed by atoms with van der Waals surface area (Å²) in [6, 6.07) is 6.73. The van der Waals surface area contributed by atoms with Crippen molar-refractivity contribution in [3.8, 4) is 5.75 Å². The molecule has 0 spiro atoms. The normalized spacial score (nSPS) is 29.2. The lowest BCUT2D eigenvalue weighted by atomic mass is 9.73. The predicted octanol–water partition coefficient (Wildman–Crippen LogP) is 5.20. The zero-order chi connectivity index (χ0) is 20.2. The highest BCUT2D eigenvalue weighted by Crippen LogP contribution is 2.44. The van der Waals surface area contributed by atoms with Gasteiger partial charge in [0.15, 0.2) is 0 Å². The standard InChI is InChI=1S/C22H26ClN3O2S/c1-13(17-7-4-15-8-9-28-20(15)10-17)14-2-5-16(6-3-14)21-18-11-29(24,27)12-19(18)25-22(23)26-21/h4,7,10,13-14,16,24H,2-3,5-6,8-9,11-12H2,1H3. The van der Waals surface area contributed by atoms with E-state index in [1.807, 2.05) is 0 Å². The molecule has 3 aliphatic rings. The van der Waals surface area contributed by atoms with Gasteiger partial charge in [-0.3, -0.25) is 4.78 Å². The molecule has 1 aromatic heterocycles. The van der Waals surface area contributed by atoms with Crippen molar-refractivity contribution < 1.29 is 8.95 Å². The number of fused-ring (bicyclic) bond motifs is 2. The second kappa shape index (κ2) is 7.24. The molecule has 2 aliphatic heterocycles. The maximum absolute atomic E-state index is 12.3. The van der Waals surface area contributed by atoms with Gasteiger partial charge >= 0.3 is 0 Å². The van der Waals surface area contributed by atoms with E-state index < -0.39 is 9.73 Å². The molecule has 2 aromatic rings. The number of nitrogens with zero attached hydrogens (tertiary/aromatic N) is 2. The van der Waals surface area contributed by atoms with E-state index in [9.17, 15) is 4.21 Å². The Morgan fingerprint density at radius 2 is 2.00 bits per heavy atom. The molecule has 1 aliphatic carbocycles. The summed E-state index contributed by atoms with van der Waals surface area (Å²) in [7, 11) is -2.62. The van der Waals surface area contributed by atoms with Crippen molar-refractivity contribution in [3.05, 3.63) is 51.6 Å². The summed E-state index contributed by atoms with van der Waals surface area (Å²) in [5.41, 5.74) is 5.31. The minimum Gasteiger partial charge on any atom is -0.493 e. The third kappa shape index (κ3) is 3.66. The third-order valence-electron chi connectivity index (χ3n) is 6.96. The van der Waals surface area contributed by atoms with Gasteiger partial charge in [0.05, 0.1) is 39.2 Å². The van der Waals surface area contributed by atoms with Crippen molar-refractivity contribution in [3.63, 3.8) is 0 Å². The fourth-order valence-corrected chi connectivity index (χ4v) is 7.03. The van der Waals surface area contributed by atoms with Crippen LogP contribution in [-0.2, 0) is 27.7 Å². The Hall–Kier alpha value is -1.66. The Morgan fingerprint density at radius 1 is 1.21 bits per heavy atom. The largest absolute Gasteiger partial charge is 0.493 e. The van der Waals surface area contributed by atoms with Gasteiger partial charge in [0, 0.05) is 17.9 Å². The fraction of sp³-hybridized carbons (Fsp3) is 0.545. The van der Waals surface area contributed by atoms with E-state index in [1.54, 1.807) is 0 Å². The summed E-state index contributed by atoms with van der Waals surface area (Å²) < 4.78 is 26.1. The Kier molecular flexibility index (Phi) is 4.82. The average molecular weight is 432 g/mol. The van der Waals surface area contributed by atoms with E-state index >= 15 is 0 Å². The summed E-state index contributed by atoms with van der Waals surface area (Å²) in [4.78, 5) is 8.79. The first-order valence-corrected chi connectivity index (χ1v) is 12.7. The van der Waals surface area contributed by atoms with Crippen LogP contribution < -0.4 is 4.74 Å². The van der Waals surface area contributed by atoms with Crippen LogP contribution in [0, 0.1) is 10.7 Å². The molecule has 0 saturated heterocycles. The van der Waals surface area contributed by atoms with Gasteiger partial charge in [0.2, 0.25) is 5.28 Å². The molecular weight excluding hydrogens is 406 g/mol. The molecule has 1 aromatic carbocycles. The lowest BCUT2D eigenvalue weighted by Crippen LogP contribution is -2.20. The van der Waals surface area contributed by atoms with Gasteiger partial charge in [0.1, 0.15) is 5.75 Å². The number of aromatic nitrogens is 2. The third-order valence-corrected chi connectivity index (χ3v) is 8.62. The molecule has 5 nitrogen and oxygen atoms in total. The summed E-state index contributed by atoms with van der Waals surface area (Å²) >= 11 is 6.16. The van der Waals surface area contributed by atoms with Crippen LogP contribution in [0.5, 0.6) is 5.75 Å². The Labute approximate surface area is 177 Å². The van der Waals surface area contributed by atoms with E-state index in [-0.39, 0.29) is 16.8 Å². The average Bonchev–Trinajstić information content (AvgIpc) is 3.28. The first-order chi connectivity index (χ1) is 13.9. The maximum atomic E-state index is 12.3. The zero-order valence-corrected chi connectivity index (χ0v) is 18.2. The fourth-order valence-electron chi connectivity index (χ4n) is 5.27. The number of ether oxygens (including phenoxy) is 1. The SMILES string of the molecule is CC(c1ccc2c(c1)OCC2)C1CCC(c2nc(Cl)nc3c2CS(=N)(=O)C3)CC1. The number of rotatable bonds is 3. The molecule has 1 saturated carbocycles. The molecule has 154 valence electrons. The van der Waals surface area contributed by atoms with E-state index in [0.29, 0.717) is 17.8 Å². The van der Waals surface area contributed by atoms with Crippen LogP contribution in [0.3, 0.4) is 0 Å². The van der Waals surface area contributed by atoms with Crippen molar-refractivity contribution >= 4 is 21.3 Å². The number of halogens is 1. The topological polar surface area (TPSA) is 75.9 Å². The Balaban J connectivity index is 1.31. The molecular formula is C22H26ClN3O2S. The lowest BCUT2D eigenvalue weighted by Gasteiger charge is -2.33. The predicted molar refractivity (Wildman–Crippen MR) is 114 cm³/mol. The second-order valence-corrected chi connectivity index (χ2v) is 11.3. The molecule has 2 atom stereocenters. The first kappa shape index (κ1) is 19.3. The molecule has 0 bridgehead atoms. The molecule has 3 heterocycles. The van der Waals surface area contributed by atoms with Crippen LogP contribution in [0.25, 0.3) is 0 Å². The number of hydrogen-bond acceptors (Lipinski definition) is 5. The van der Waals surface area contributed by atoms with E-state index in [1.165, 1.54) is 11.1 Å². The molecule has 1 fully saturated rings. The van der Waals surface area contributed by atoms with Gasteiger partial charge in [-0.25, -0.2) is 14.2 Å². The molecule has 0 amide bonds. The highest BCUT2D eigenvalue weighted by atomic mass is 35.5. The minimum absolute atomic E-state index is 0.213. The van der Waals surface area contributed by atoms with Crippen LogP contribution in [0.4, 0.5) is 0 Å². The second-order valence-electron chi connectivity index (χ2n) is 8.77. The van der Waals surface area contributed by atoms with Crippen molar-refractivity contribution in [2.45, 2.75) is 62.4 Å². The van der Waals surface area contributed by atoms with Crippen molar-refractivity contribution in [1.82, 2.24) is 9.97 Å². The quantitative estimate of drug-likeness (QED) is 0.677. The molecule has 2 unspecified atom stereocenters. The Morgan fingerprint density at radius 3 is 2.79 bits per heavy atom. The number of nitrogens with one attached hydrogen (secondary N) is 1. The van der Waals surface area contributed by atoms with E-state index in [2.05, 4.69) is 35.1 Å². The van der Waals surface area contributed by atoms with Crippen LogP contribution in [0.1, 0.15) is 72.5 Å². The van der Waals surface area contributed by atoms with Crippen LogP contribution in [0.15, 0.2) is 18.2 Å². The van der Waals surface area contributed by atoms with Crippen LogP contribution >= 0.6 is 11.6 Å². The molecule has 0 radical (unpaired) electrons. The molecule has 1 N–H and O–H groups in total. The van der Waals surface area contributed by atoms with Crippen molar-refractivity contribution in [2.75, 3.05) is 6.61 Å². The van der Waals surface area contributed by atoms with Crippen LogP contribution in [0.2, 0.25) is 5.28 Å².